The highest BCUT2D eigenvalue weighted by Gasteiger charge is 2.37. The van der Waals surface area contributed by atoms with Gasteiger partial charge in [-0.15, -0.1) is 0 Å². The number of aromatic amines is 1. The van der Waals surface area contributed by atoms with Crippen LogP contribution in [0.25, 0.3) is 0 Å². The first-order valence-corrected chi connectivity index (χ1v) is 6.38. The van der Waals surface area contributed by atoms with E-state index in [9.17, 15) is 8.42 Å². The zero-order valence-electron chi connectivity index (χ0n) is 9.11. The molecule has 15 heavy (non-hydrogen) atoms. The van der Waals surface area contributed by atoms with E-state index in [0.29, 0.717) is 16.3 Å². The van der Waals surface area contributed by atoms with Crippen molar-refractivity contribution in [2.45, 2.75) is 37.6 Å². The molecule has 1 N–H and O–H groups in total. The minimum Gasteiger partial charge on any atom is -0.281 e. The van der Waals surface area contributed by atoms with Gasteiger partial charge in [0.1, 0.15) is 4.90 Å². The van der Waals surface area contributed by atoms with E-state index in [0.717, 1.165) is 12.8 Å². The molecule has 0 amide bonds. The molecule has 0 atom stereocenters. The Kier molecular flexibility index (Phi) is 2.35. The van der Waals surface area contributed by atoms with Crippen LogP contribution in [0, 0.1) is 13.8 Å². The second-order valence-electron chi connectivity index (χ2n) is 4.02. The monoisotopic (exact) mass is 229 g/mol. The van der Waals surface area contributed by atoms with Crippen LogP contribution in [0.4, 0.5) is 0 Å². The van der Waals surface area contributed by atoms with Gasteiger partial charge in [0.2, 0.25) is 10.0 Å². The molecule has 0 unspecified atom stereocenters. The van der Waals surface area contributed by atoms with Gasteiger partial charge in [0.05, 0.1) is 11.4 Å². The van der Waals surface area contributed by atoms with Gasteiger partial charge >= 0.3 is 0 Å². The summed E-state index contributed by atoms with van der Waals surface area (Å²) in [4.78, 5) is 0.330. The van der Waals surface area contributed by atoms with Crippen molar-refractivity contribution < 1.29 is 8.42 Å². The Balaban J connectivity index is 2.45. The number of hydrogen-bond donors (Lipinski definition) is 1. The maximum atomic E-state index is 12.2. The molecule has 1 fully saturated rings. The van der Waals surface area contributed by atoms with Crippen molar-refractivity contribution in [1.29, 1.82) is 0 Å². The van der Waals surface area contributed by atoms with Crippen molar-refractivity contribution in [2.75, 3.05) is 7.05 Å². The van der Waals surface area contributed by atoms with Crippen molar-refractivity contribution in [3.63, 3.8) is 0 Å². The summed E-state index contributed by atoms with van der Waals surface area (Å²) < 4.78 is 25.8. The quantitative estimate of drug-likeness (QED) is 0.834. The van der Waals surface area contributed by atoms with E-state index in [-0.39, 0.29) is 6.04 Å². The normalized spacial score (nSPS) is 17.3. The van der Waals surface area contributed by atoms with E-state index in [1.54, 1.807) is 20.9 Å². The highest BCUT2D eigenvalue weighted by Crippen LogP contribution is 2.31. The first-order chi connectivity index (χ1) is 6.94. The second kappa shape index (κ2) is 3.31. The second-order valence-corrected chi connectivity index (χ2v) is 5.95. The summed E-state index contributed by atoms with van der Waals surface area (Å²) in [6.07, 6.45) is 1.93. The summed E-state index contributed by atoms with van der Waals surface area (Å²) in [6.45, 7) is 3.44. The van der Waals surface area contributed by atoms with Crippen molar-refractivity contribution in [1.82, 2.24) is 14.5 Å². The number of sulfonamides is 1. The summed E-state index contributed by atoms with van der Waals surface area (Å²) in [5.74, 6) is 0. The molecule has 1 heterocycles. The summed E-state index contributed by atoms with van der Waals surface area (Å²) in [5, 5.41) is 6.62. The minimum absolute atomic E-state index is 0.184. The Morgan fingerprint density at radius 2 is 2.00 bits per heavy atom. The van der Waals surface area contributed by atoms with Crippen LogP contribution < -0.4 is 0 Å². The number of nitrogens with zero attached hydrogens (tertiary/aromatic N) is 2. The van der Waals surface area contributed by atoms with E-state index < -0.39 is 10.0 Å². The minimum atomic E-state index is -3.35. The molecule has 1 aliphatic carbocycles. The predicted molar refractivity (Wildman–Crippen MR) is 56.0 cm³/mol. The van der Waals surface area contributed by atoms with Gasteiger partial charge in [0.25, 0.3) is 0 Å². The Hall–Kier alpha value is -0.880. The molecule has 5 nitrogen and oxygen atoms in total. The third-order valence-corrected chi connectivity index (χ3v) is 4.93. The molecular formula is C9H15N3O2S. The van der Waals surface area contributed by atoms with Gasteiger partial charge in [0, 0.05) is 13.1 Å². The lowest BCUT2D eigenvalue weighted by Gasteiger charge is -2.16. The van der Waals surface area contributed by atoms with Gasteiger partial charge in [-0.3, -0.25) is 5.10 Å². The number of aryl methyl sites for hydroxylation is 2. The molecule has 1 aromatic rings. The largest absolute Gasteiger partial charge is 0.281 e. The van der Waals surface area contributed by atoms with Crippen LogP contribution in [0.1, 0.15) is 24.2 Å². The van der Waals surface area contributed by atoms with Crippen LogP contribution in [0.3, 0.4) is 0 Å². The van der Waals surface area contributed by atoms with Gasteiger partial charge in [-0.2, -0.15) is 9.40 Å². The Morgan fingerprint density at radius 1 is 1.40 bits per heavy atom. The maximum Gasteiger partial charge on any atom is 0.246 e. The molecule has 0 bridgehead atoms. The zero-order chi connectivity index (χ0) is 11.2. The summed E-state index contributed by atoms with van der Waals surface area (Å²) >= 11 is 0. The topological polar surface area (TPSA) is 66.1 Å². The van der Waals surface area contributed by atoms with E-state index >= 15 is 0 Å². The van der Waals surface area contributed by atoms with Gasteiger partial charge in [-0.25, -0.2) is 8.42 Å². The third-order valence-electron chi connectivity index (χ3n) is 2.76. The number of hydrogen-bond acceptors (Lipinski definition) is 3. The van der Waals surface area contributed by atoms with Crippen LogP contribution in [0.15, 0.2) is 4.90 Å². The third kappa shape index (κ3) is 1.68. The van der Waals surface area contributed by atoms with E-state index in [4.69, 9.17) is 0 Å². The Morgan fingerprint density at radius 3 is 2.40 bits per heavy atom. The van der Waals surface area contributed by atoms with Crippen molar-refractivity contribution in [2.24, 2.45) is 0 Å². The predicted octanol–water partition coefficient (Wildman–Crippen LogP) is 0.809. The van der Waals surface area contributed by atoms with Crippen LogP contribution in [-0.2, 0) is 10.0 Å². The van der Waals surface area contributed by atoms with Crippen LogP contribution in [-0.4, -0.2) is 36.0 Å². The highest BCUT2D eigenvalue weighted by atomic mass is 32.2. The maximum absolute atomic E-state index is 12.2. The molecule has 1 aromatic heterocycles. The number of rotatable bonds is 3. The molecule has 0 aliphatic heterocycles. The summed E-state index contributed by atoms with van der Waals surface area (Å²) in [7, 11) is -1.72. The average molecular weight is 229 g/mol. The SMILES string of the molecule is Cc1n[nH]c(C)c1S(=O)(=O)N(C)C1CC1. The van der Waals surface area contributed by atoms with Gasteiger partial charge in [-0.05, 0) is 26.7 Å². The lowest BCUT2D eigenvalue weighted by Crippen LogP contribution is -2.29. The molecular weight excluding hydrogens is 214 g/mol. The molecule has 0 radical (unpaired) electrons. The fourth-order valence-electron chi connectivity index (χ4n) is 1.70. The molecule has 0 aromatic carbocycles. The molecule has 84 valence electrons. The number of aromatic nitrogens is 2. The highest BCUT2D eigenvalue weighted by molar-refractivity contribution is 7.89. The van der Waals surface area contributed by atoms with Gasteiger partial charge in [-0.1, -0.05) is 0 Å². The van der Waals surface area contributed by atoms with Gasteiger partial charge in [0.15, 0.2) is 0 Å². The standard InChI is InChI=1S/C9H15N3O2S/c1-6-9(7(2)11-10-6)15(13,14)12(3)8-4-5-8/h8H,4-5H2,1-3H3,(H,10,11). The zero-order valence-corrected chi connectivity index (χ0v) is 9.93. The number of H-pyrrole nitrogens is 1. The van der Waals surface area contributed by atoms with E-state index in [2.05, 4.69) is 10.2 Å². The fourth-order valence-corrected chi connectivity index (χ4v) is 3.44. The molecule has 2 rings (SSSR count). The van der Waals surface area contributed by atoms with Crippen molar-refractivity contribution in [3.8, 4) is 0 Å². The van der Waals surface area contributed by atoms with E-state index in [1.165, 1.54) is 4.31 Å². The number of nitrogens with one attached hydrogen (secondary N) is 1. The lowest BCUT2D eigenvalue weighted by molar-refractivity contribution is 0.463. The fraction of sp³-hybridized carbons (Fsp3) is 0.667. The van der Waals surface area contributed by atoms with Crippen molar-refractivity contribution >= 4 is 10.0 Å². The summed E-state index contributed by atoms with van der Waals surface area (Å²) in [5.41, 5.74) is 1.15. The molecule has 6 heteroatoms. The van der Waals surface area contributed by atoms with Gasteiger partial charge < -0.3 is 0 Å². The Bertz CT molecular complexity index is 454. The smallest absolute Gasteiger partial charge is 0.246 e. The molecule has 0 spiro atoms. The first kappa shape index (κ1) is 10.6. The average Bonchev–Trinajstić information content (AvgIpc) is 2.92. The first-order valence-electron chi connectivity index (χ1n) is 4.94. The van der Waals surface area contributed by atoms with E-state index in [1.807, 2.05) is 0 Å². The van der Waals surface area contributed by atoms with Crippen LogP contribution >= 0.6 is 0 Å². The van der Waals surface area contributed by atoms with Crippen LogP contribution in [0.2, 0.25) is 0 Å². The molecule has 0 saturated heterocycles. The molecule has 1 saturated carbocycles. The van der Waals surface area contributed by atoms with Crippen molar-refractivity contribution in [3.05, 3.63) is 11.4 Å². The Labute approximate surface area is 89.5 Å². The summed E-state index contributed by atoms with van der Waals surface area (Å²) in [6, 6.07) is 0.184. The molecule has 1 aliphatic rings. The lowest BCUT2D eigenvalue weighted by atomic mass is 10.4. The van der Waals surface area contributed by atoms with Crippen LogP contribution in [0.5, 0.6) is 0 Å².